The molecule has 0 aromatic heterocycles. The van der Waals surface area contributed by atoms with Crippen molar-refractivity contribution in [2.45, 2.75) is 32.2 Å². The maximum absolute atomic E-state index is 12.0. The molecule has 116 valence electrons. The van der Waals surface area contributed by atoms with Crippen LogP contribution in [0.1, 0.15) is 26.2 Å². The van der Waals surface area contributed by atoms with Crippen LogP contribution >= 0.6 is 0 Å². The summed E-state index contributed by atoms with van der Waals surface area (Å²) in [4.78, 5) is 21.8. The lowest BCUT2D eigenvalue weighted by Gasteiger charge is -2.31. The number of nitrogens with one attached hydrogen (secondary N) is 1. The third-order valence-corrected chi connectivity index (χ3v) is 4.79. The van der Waals surface area contributed by atoms with Crippen LogP contribution in [0.25, 0.3) is 0 Å². The first-order valence-electron chi connectivity index (χ1n) is 6.48. The zero-order valence-electron chi connectivity index (χ0n) is 11.4. The molecule has 1 saturated heterocycles. The zero-order chi connectivity index (χ0) is 15.2. The van der Waals surface area contributed by atoms with Gasteiger partial charge in [-0.1, -0.05) is 0 Å². The number of carboxylic acids is 1. The molecule has 20 heavy (non-hydrogen) atoms. The van der Waals surface area contributed by atoms with E-state index in [4.69, 9.17) is 9.84 Å². The van der Waals surface area contributed by atoms with Crippen LogP contribution in [0.3, 0.4) is 0 Å². The summed E-state index contributed by atoms with van der Waals surface area (Å²) < 4.78 is 29.9. The Labute approximate surface area is 118 Å². The van der Waals surface area contributed by atoms with Gasteiger partial charge in [-0.25, -0.2) is 13.2 Å². The Morgan fingerprint density at radius 3 is 2.75 bits per heavy atom. The molecule has 1 aliphatic rings. The number of aliphatic carboxylic acids is 1. The first kappa shape index (κ1) is 16.7. The number of ether oxygens (including phenoxy) is 1. The largest absolute Gasteiger partial charge is 0.481 e. The molecule has 8 nitrogen and oxygen atoms in total. The van der Waals surface area contributed by atoms with E-state index >= 15 is 0 Å². The number of carboxylic acid groups (broad SMARTS) is 1. The highest BCUT2D eigenvalue weighted by Gasteiger charge is 2.30. The van der Waals surface area contributed by atoms with E-state index in [-0.39, 0.29) is 19.2 Å². The molecule has 0 aromatic carbocycles. The number of amides is 1. The van der Waals surface area contributed by atoms with Crippen LogP contribution < -0.4 is 5.32 Å². The predicted molar refractivity (Wildman–Crippen MR) is 70.8 cm³/mol. The van der Waals surface area contributed by atoms with Gasteiger partial charge in [-0.15, -0.1) is 0 Å². The van der Waals surface area contributed by atoms with Crippen molar-refractivity contribution in [1.29, 1.82) is 0 Å². The molecule has 1 rings (SSSR count). The Bertz CT molecular complexity index is 450. The summed E-state index contributed by atoms with van der Waals surface area (Å²) in [6.07, 6.45) is 0.296. The second-order valence-corrected chi connectivity index (χ2v) is 6.61. The molecule has 1 amide bonds. The summed E-state index contributed by atoms with van der Waals surface area (Å²) in [6, 6.07) is -0.303. The van der Waals surface area contributed by atoms with Crippen molar-refractivity contribution < 1.29 is 27.9 Å². The van der Waals surface area contributed by atoms with Crippen LogP contribution in [0.4, 0.5) is 4.79 Å². The number of hydrogen-bond acceptors (Lipinski definition) is 5. The van der Waals surface area contributed by atoms with Crippen LogP contribution in [0.15, 0.2) is 0 Å². The summed E-state index contributed by atoms with van der Waals surface area (Å²) in [5, 5.41) is 11.2. The average molecular weight is 308 g/mol. The molecule has 0 bridgehead atoms. The van der Waals surface area contributed by atoms with Gasteiger partial charge >= 0.3 is 12.1 Å². The van der Waals surface area contributed by atoms with Gasteiger partial charge in [-0.05, 0) is 19.8 Å². The number of alkyl carbamates (subject to hydrolysis) is 1. The number of hydrogen-bond donors (Lipinski definition) is 2. The van der Waals surface area contributed by atoms with Crippen LogP contribution in [0.5, 0.6) is 0 Å². The van der Waals surface area contributed by atoms with E-state index in [0.29, 0.717) is 19.4 Å². The number of carbonyl (C=O) groups is 2. The fourth-order valence-electron chi connectivity index (χ4n) is 2.00. The Morgan fingerprint density at radius 1 is 1.45 bits per heavy atom. The minimum Gasteiger partial charge on any atom is -0.481 e. The molecule has 1 atom stereocenters. The summed E-state index contributed by atoms with van der Waals surface area (Å²) in [7, 11) is -3.60. The molecule has 1 fully saturated rings. The number of sulfonamides is 1. The lowest BCUT2D eigenvalue weighted by molar-refractivity contribution is -0.136. The maximum Gasteiger partial charge on any atom is 0.407 e. The average Bonchev–Trinajstić information content (AvgIpc) is 2.37. The number of carbonyl (C=O) groups excluding carboxylic acids is 1. The van der Waals surface area contributed by atoms with Gasteiger partial charge in [0.2, 0.25) is 10.0 Å². The Balaban J connectivity index is 2.55. The molecule has 1 heterocycles. The second kappa shape index (κ2) is 7.44. The first-order valence-corrected chi connectivity index (χ1v) is 8.09. The molecule has 2 N–H and O–H groups in total. The van der Waals surface area contributed by atoms with Crippen molar-refractivity contribution in [3.8, 4) is 0 Å². The van der Waals surface area contributed by atoms with Crippen molar-refractivity contribution in [3.63, 3.8) is 0 Å². The van der Waals surface area contributed by atoms with Gasteiger partial charge in [0.05, 0.1) is 18.8 Å². The molecule has 9 heteroatoms. The van der Waals surface area contributed by atoms with Crippen molar-refractivity contribution in [2.75, 3.05) is 25.4 Å². The maximum atomic E-state index is 12.0. The lowest BCUT2D eigenvalue weighted by atomic mass is 10.1. The highest BCUT2D eigenvalue weighted by atomic mass is 32.2. The van der Waals surface area contributed by atoms with Gasteiger partial charge in [-0.2, -0.15) is 4.31 Å². The highest BCUT2D eigenvalue weighted by Crippen LogP contribution is 2.15. The van der Waals surface area contributed by atoms with E-state index in [1.807, 2.05) is 0 Å². The molecule has 1 unspecified atom stereocenters. The first-order chi connectivity index (χ1) is 9.35. The van der Waals surface area contributed by atoms with E-state index in [9.17, 15) is 18.0 Å². The van der Waals surface area contributed by atoms with E-state index in [1.54, 1.807) is 6.92 Å². The van der Waals surface area contributed by atoms with Gasteiger partial charge in [0, 0.05) is 19.1 Å². The molecule has 0 radical (unpaired) electrons. The highest BCUT2D eigenvalue weighted by molar-refractivity contribution is 7.89. The van der Waals surface area contributed by atoms with Gasteiger partial charge in [0.1, 0.15) is 0 Å². The van der Waals surface area contributed by atoms with Gasteiger partial charge in [0.25, 0.3) is 0 Å². The fraction of sp³-hybridized carbons (Fsp3) is 0.818. The van der Waals surface area contributed by atoms with Crippen LogP contribution in [-0.4, -0.2) is 61.4 Å². The van der Waals surface area contributed by atoms with Crippen molar-refractivity contribution in [3.05, 3.63) is 0 Å². The molecular formula is C11H20N2O6S. The van der Waals surface area contributed by atoms with E-state index < -0.39 is 34.3 Å². The topological polar surface area (TPSA) is 113 Å². The van der Waals surface area contributed by atoms with Crippen LogP contribution in [0.2, 0.25) is 0 Å². The normalized spacial score (nSPS) is 20.4. The summed E-state index contributed by atoms with van der Waals surface area (Å²) in [6.45, 7) is 2.44. The monoisotopic (exact) mass is 308 g/mol. The van der Waals surface area contributed by atoms with E-state index in [2.05, 4.69) is 5.32 Å². The van der Waals surface area contributed by atoms with Gasteiger partial charge in [-0.3, -0.25) is 4.79 Å². The second-order valence-electron chi connectivity index (χ2n) is 4.52. The fourth-order valence-corrected chi connectivity index (χ4v) is 3.50. The molecule has 1 aliphatic heterocycles. The standard InChI is InChI=1S/C11H20N2O6S/c1-2-19-11(16)12-9-4-3-6-13(8-9)20(17,18)7-5-10(14)15/h9H,2-8H2,1H3,(H,12,16)(H,14,15). The smallest absolute Gasteiger partial charge is 0.407 e. The molecule has 0 aromatic rings. The number of rotatable bonds is 6. The van der Waals surface area contributed by atoms with E-state index in [1.165, 1.54) is 4.31 Å². The summed E-state index contributed by atoms with van der Waals surface area (Å²) in [5.74, 6) is -1.57. The van der Waals surface area contributed by atoms with Crippen molar-refractivity contribution >= 4 is 22.1 Å². The molecular weight excluding hydrogens is 288 g/mol. The number of nitrogens with zero attached hydrogens (tertiary/aromatic N) is 1. The third-order valence-electron chi connectivity index (χ3n) is 2.95. The molecule has 0 spiro atoms. The number of piperidine rings is 1. The summed E-state index contributed by atoms with van der Waals surface area (Å²) >= 11 is 0. The summed E-state index contributed by atoms with van der Waals surface area (Å²) in [5.41, 5.74) is 0. The minimum atomic E-state index is -3.60. The van der Waals surface area contributed by atoms with E-state index in [0.717, 1.165) is 0 Å². The van der Waals surface area contributed by atoms with Gasteiger partial charge in [0.15, 0.2) is 0 Å². The molecule has 0 aliphatic carbocycles. The molecule has 0 saturated carbocycles. The van der Waals surface area contributed by atoms with Crippen LogP contribution in [0, 0.1) is 0 Å². The Morgan fingerprint density at radius 2 is 2.15 bits per heavy atom. The van der Waals surface area contributed by atoms with Crippen LogP contribution in [-0.2, 0) is 19.6 Å². The predicted octanol–water partition coefficient (Wildman–Crippen LogP) is 0.00140. The Kier molecular flexibility index (Phi) is 6.21. The lowest BCUT2D eigenvalue weighted by Crippen LogP contribution is -2.50. The van der Waals surface area contributed by atoms with Crippen molar-refractivity contribution in [1.82, 2.24) is 9.62 Å². The Hall–Kier alpha value is -1.35. The zero-order valence-corrected chi connectivity index (χ0v) is 12.2. The quantitative estimate of drug-likeness (QED) is 0.714. The minimum absolute atomic E-state index is 0.154. The SMILES string of the molecule is CCOC(=O)NC1CCCN(S(=O)(=O)CCC(=O)O)C1. The van der Waals surface area contributed by atoms with Crippen molar-refractivity contribution in [2.24, 2.45) is 0 Å². The van der Waals surface area contributed by atoms with Gasteiger partial charge < -0.3 is 15.2 Å². The third kappa shape index (κ3) is 5.33.